The van der Waals surface area contributed by atoms with Gasteiger partial charge in [0, 0.05) is 13.5 Å². The molecule has 0 aliphatic rings. The fraction of sp³-hybridized carbons (Fsp3) is 0.227. The molecular weight excluding hydrogens is 326 g/mol. The van der Waals surface area contributed by atoms with E-state index in [1.54, 1.807) is 7.11 Å². The molecule has 0 saturated heterocycles. The molecule has 1 amide bonds. The quantitative estimate of drug-likeness (QED) is 0.714. The van der Waals surface area contributed by atoms with Gasteiger partial charge in [-0.3, -0.25) is 4.79 Å². The number of carbonyl (C=O) groups excluding carboxylic acids is 1. The molecule has 3 aromatic carbocycles. The van der Waals surface area contributed by atoms with Crippen LogP contribution < -0.4 is 10.1 Å². The number of carbonyl (C=O) groups is 1. The number of nitrogens with one attached hydrogen (secondary N) is 1. The van der Waals surface area contributed by atoms with Gasteiger partial charge < -0.3 is 15.2 Å². The lowest BCUT2D eigenvalue weighted by atomic mass is 9.94. The highest BCUT2D eigenvalue weighted by Gasteiger charge is 2.08. The third kappa shape index (κ3) is 4.03. The second kappa shape index (κ2) is 8.02. The Balaban J connectivity index is 2.04. The Labute approximate surface area is 153 Å². The van der Waals surface area contributed by atoms with Crippen molar-refractivity contribution in [1.29, 1.82) is 0 Å². The minimum absolute atomic E-state index is 0.0253. The van der Waals surface area contributed by atoms with Crippen LogP contribution in [-0.2, 0) is 17.8 Å². The Bertz CT molecular complexity index is 917. The van der Waals surface area contributed by atoms with E-state index >= 15 is 0 Å². The zero-order chi connectivity index (χ0) is 18.5. The fourth-order valence-corrected chi connectivity index (χ4v) is 3.09. The van der Waals surface area contributed by atoms with Crippen LogP contribution in [0.1, 0.15) is 18.1 Å². The molecule has 3 rings (SSSR count). The topological polar surface area (TPSA) is 58.6 Å². The van der Waals surface area contributed by atoms with E-state index in [9.17, 15) is 9.90 Å². The molecule has 0 aliphatic carbocycles. The van der Waals surface area contributed by atoms with Crippen molar-refractivity contribution in [3.63, 3.8) is 0 Å². The molecule has 4 nitrogen and oxygen atoms in total. The number of rotatable bonds is 6. The van der Waals surface area contributed by atoms with Gasteiger partial charge in [0.25, 0.3) is 0 Å². The average Bonchev–Trinajstić information content (AvgIpc) is 2.67. The summed E-state index contributed by atoms with van der Waals surface area (Å²) in [6.07, 6.45) is 0.742. The molecule has 0 bridgehead atoms. The van der Waals surface area contributed by atoms with Gasteiger partial charge in [0.15, 0.2) is 0 Å². The molecule has 0 fully saturated rings. The maximum atomic E-state index is 11.2. The largest absolute Gasteiger partial charge is 0.497 e. The molecule has 0 spiro atoms. The number of aliphatic hydroxyl groups is 1. The normalized spacial score (nSPS) is 10.7. The van der Waals surface area contributed by atoms with Crippen molar-refractivity contribution in [3.8, 4) is 16.9 Å². The van der Waals surface area contributed by atoms with E-state index in [0.717, 1.165) is 45.2 Å². The van der Waals surface area contributed by atoms with Crippen molar-refractivity contribution in [2.45, 2.75) is 20.0 Å². The van der Waals surface area contributed by atoms with Gasteiger partial charge in [-0.25, -0.2) is 0 Å². The third-order valence-electron chi connectivity index (χ3n) is 4.49. The number of ether oxygens (including phenoxy) is 1. The lowest BCUT2D eigenvalue weighted by Gasteiger charge is -2.13. The standard InChI is InChI=1S/C22H23NO3/c1-15(25)23-10-9-19-12-20(17-5-3-16(14-24)4-6-17)11-18-7-8-21(26-2)13-22(18)19/h3-8,11-13,24H,9-10,14H2,1-2H3,(H,23,25). The predicted octanol–water partition coefficient (Wildman–Crippen LogP) is 3.69. The molecule has 134 valence electrons. The molecule has 0 atom stereocenters. The van der Waals surface area contributed by atoms with Crippen molar-refractivity contribution in [2.24, 2.45) is 0 Å². The van der Waals surface area contributed by atoms with E-state index in [1.165, 1.54) is 6.92 Å². The summed E-state index contributed by atoms with van der Waals surface area (Å²) in [4.78, 5) is 11.2. The number of hydrogen-bond acceptors (Lipinski definition) is 3. The van der Waals surface area contributed by atoms with Gasteiger partial charge in [0.05, 0.1) is 13.7 Å². The van der Waals surface area contributed by atoms with Crippen molar-refractivity contribution >= 4 is 16.7 Å². The van der Waals surface area contributed by atoms with Crippen LogP contribution in [0, 0.1) is 0 Å². The van der Waals surface area contributed by atoms with Gasteiger partial charge in [0.1, 0.15) is 5.75 Å². The fourth-order valence-electron chi connectivity index (χ4n) is 3.09. The summed E-state index contributed by atoms with van der Waals surface area (Å²) >= 11 is 0. The van der Waals surface area contributed by atoms with Crippen molar-refractivity contribution in [2.75, 3.05) is 13.7 Å². The number of benzene rings is 3. The molecule has 0 aliphatic heterocycles. The summed E-state index contributed by atoms with van der Waals surface area (Å²) in [5.74, 6) is 0.793. The number of fused-ring (bicyclic) bond motifs is 1. The predicted molar refractivity (Wildman–Crippen MR) is 104 cm³/mol. The van der Waals surface area contributed by atoms with Crippen LogP contribution in [0.4, 0.5) is 0 Å². The summed E-state index contributed by atoms with van der Waals surface area (Å²) in [5, 5.41) is 14.4. The maximum absolute atomic E-state index is 11.2. The highest BCUT2D eigenvalue weighted by atomic mass is 16.5. The minimum Gasteiger partial charge on any atom is -0.497 e. The van der Waals surface area contributed by atoms with E-state index in [4.69, 9.17) is 4.74 Å². The van der Waals surface area contributed by atoms with Gasteiger partial charge in [-0.05, 0) is 57.6 Å². The highest BCUT2D eigenvalue weighted by Crippen LogP contribution is 2.31. The smallest absolute Gasteiger partial charge is 0.216 e. The Morgan fingerprint density at radius 1 is 1.04 bits per heavy atom. The van der Waals surface area contributed by atoms with Gasteiger partial charge in [-0.2, -0.15) is 0 Å². The van der Waals surface area contributed by atoms with Gasteiger partial charge in [-0.1, -0.05) is 36.4 Å². The average molecular weight is 349 g/mol. The maximum Gasteiger partial charge on any atom is 0.216 e. The van der Waals surface area contributed by atoms with Gasteiger partial charge >= 0.3 is 0 Å². The lowest BCUT2D eigenvalue weighted by molar-refractivity contribution is -0.118. The van der Waals surface area contributed by atoms with Gasteiger partial charge in [0.2, 0.25) is 5.91 Å². The number of amides is 1. The molecule has 3 aromatic rings. The third-order valence-corrected chi connectivity index (χ3v) is 4.49. The second-order valence-corrected chi connectivity index (χ2v) is 6.31. The molecule has 0 aromatic heterocycles. The van der Waals surface area contributed by atoms with Crippen molar-refractivity contribution in [3.05, 3.63) is 65.7 Å². The summed E-state index contributed by atoms with van der Waals surface area (Å²) < 4.78 is 5.37. The zero-order valence-corrected chi connectivity index (χ0v) is 15.1. The van der Waals surface area contributed by atoms with E-state index in [-0.39, 0.29) is 12.5 Å². The summed E-state index contributed by atoms with van der Waals surface area (Å²) in [7, 11) is 1.66. The minimum atomic E-state index is -0.0253. The molecule has 2 N–H and O–H groups in total. The molecular formula is C22H23NO3. The zero-order valence-electron chi connectivity index (χ0n) is 15.1. The first kappa shape index (κ1) is 18.0. The van der Waals surface area contributed by atoms with Gasteiger partial charge in [-0.15, -0.1) is 0 Å². The van der Waals surface area contributed by atoms with Crippen LogP contribution >= 0.6 is 0 Å². The van der Waals surface area contributed by atoms with Crippen LogP contribution in [-0.4, -0.2) is 24.7 Å². The molecule has 0 heterocycles. The number of hydrogen-bond donors (Lipinski definition) is 2. The van der Waals surface area contributed by atoms with Crippen molar-refractivity contribution in [1.82, 2.24) is 5.32 Å². The van der Waals surface area contributed by atoms with Crippen LogP contribution in [0.3, 0.4) is 0 Å². The molecule has 0 unspecified atom stereocenters. The molecule has 0 radical (unpaired) electrons. The first-order chi connectivity index (χ1) is 12.6. The summed E-state index contributed by atoms with van der Waals surface area (Å²) in [6.45, 7) is 2.16. The molecule has 0 saturated carbocycles. The molecule has 4 heteroatoms. The van der Waals surface area contributed by atoms with E-state index in [1.807, 2.05) is 36.4 Å². The number of methoxy groups -OCH3 is 1. The molecule has 26 heavy (non-hydrogen) atoms. The second-order valence-electron chi connectivity index (χ2n) is 6.31. The monoisotopic (exact) mass is 349 g/mol. The Kier molecular flexibility index (Phi) is 5.54. The Morgan fingerprint density at radius 2 is 1.81 bits per heavy atom. The first-order valence-electron chi connectivity index (χ1n) is 8.66. The Morgan fingerprint density at radius 3 is 2.46 bits per heavy atom. The number of aliphatic hydroxyl groups excluding tert-OH is 1. The SMILES string of the molecule is COc1ccc2cc(-c3ccc(CO)cc3)cc(CCNC(C)=O)c2c1. The van der Waals surface area contributed by atoms with E-state index in [0.29, 0.717) is 6.54 Å². The summed E-state index contributed by atoms with van der Waals surface area (Å²) in [5.41, 5.74) is 4.27. The Hall–Kier alpha value is -2.85. The van der Waals surface area contributed by atoms with Crippen molar-refractivity contribution < 1.29 is 14.6 Å². The first-order valence-corrected chi connectivity index (χ1v) is 8.66. The lowest BCUT2D eigenvalue weighted by Crippen LogP contribution is -2.22. The highest BCUT2D eigenvalue weighted by molar-refractivity contribution is 5.91. The van der Waals surface area contributed by atoms with Crippen LogP contribution in [0.25, 0.3) is 21.9 Å². The van der Waals surface area contributed by atoms with Crippen LogP contribution in [0.15, 0.2) is 54.6 Å². The van der Waals surface area contributed by atoms with Crippen LogP contribution in [0.5, 0.6) is 5.75 Å². The van der Waals surface area contributed by atoms with Crippen LogP contribution in [0.2, 0.25) is 0 Å². The van der Waals surface area contributed by atoms with E-state index < -0.39 is 0 Å². The summed E-state index contributed by atoms with van der Waals surface area (Å²) in [6, 6.07) is 18.3. The van der Waals surface area contributed by atoms with E-state index in [2.05, 4.69) is 23.5 Å².